The van der Waals surface area contributed by atoms with E-state index in [-0.39, 0.29) is 11.5 Å². The maximum Gasteiger partial charge on any atom is 0.231 e. The molecule has 1 atom stereocenters. The summed E-state index contributed by atoms with van der Waals surface area (Å²) in [5.41, 5.74) is 1.16. The van der Waals surface area contributed by atoms with Crippen molar-refractivity contribution in [3.8, 4) is 0 Å². The van der Waals surface area contributed by atoms with Crippen LogP contribution in [0.1, 0.15) is 24.4 Å². The van der Waals surface area contributed by atoms with Gasteiger partial charge < -0.3 is 9.80 Å². The van der Waals surface area contributed by atoms with Crippen LogP contribution >= 0.6 is 0 Å². The van der Waals surface area contributed by atoms with E-state index in [1.165, 1.54) is 5.56 Å². The number of hydrogen-bond donors (Lipinski definition) is 0. The number of amides is 1. The van der Waals surface area contributed by atoms with Gasteiger partial charge in [-0.2, -0.15) is 0 Å². The van der Waals surface area contributed by atoms with E-state index in [1.807, 2.05) is 18.0 Å². The van der Waals surface area contributed by atoms with Gasteiger partial charge in [-0.25, -0.2) is 0 Å². The number of benzene rings is 1. The fourth-order valence-electron chi connectivity index (χ4n) is 3.57. The summed E-state index contributed by atoms with van der Waals surface area (Å²) in [6.07, 6.45) is 1.98. The maximum absolute atomic E-state index is 12.3. The van der Waals surface area contributed by atoms with Crippen molar-refractivity contribution in [2.75, 3.05) is 27.2 Å². The van der Waals surface area contributed by atoms with Crippen LogP contribution in [0.3, 0.4) is 0 Å². The van der Waals surface area contributed by atoms with Gasteiger partial charge in [-0.1, -0.05) is 30.3 Å². The normalized spacial score (nSPS) is 27.3. The standard InChI is InChI=1S/C15H20N2O/c1-16-10-8-15(9-11-16)13(17(2)14(15)18)12-6-4-3-5-7-12/h3-7,13H,8-11H2,1-2H3/t13-/m0/s1. The Bertz CT molecular complexity index is 449. The zero-order chi connectivity index (χ0) is 12.8. The summed E-state index contributed by atoms with van der Waals surface area (Å²) >= 11 is 0. The first kappa shape index (κ1) is 11.7. The second-order valence-electron chi connectivity index (χ2n) is 5.69. The van der Waals surface area contributed by atoms with Gasteiger partial charge in [-0.3, -0.25) is 4.79 Å². The highest BCUT2D eigenvalue weighted by Crippen LogP contribution is 2.54. The van der Waals surface area contributed by atoms with Crippen molar-refractivity contribution in [3.05, 3.63) is 35.9 Å². The third kappa shape index (κ3) is 1.50. The second-order valence-corrected chi connectivity index (χ2v) is 5.69. The Labute approximate surface area is 108 Å². The molecule has 3 rings (SSSR count). The number of carbonyl (C=O) groups excluding carboxylic acids is 1. The van der Waals surface area contributed by atoms with E-state index < -0.39 is 0 Å². The number of likely N-dealkylation sites (tertiary alicyclic amines) is 2. The molecule has 0 aliphatic carbocycles. The average molecular weight is 244 g/mol. The molecular formula is C15H20N2O. The van der Waals surface area contributed by atoms with Crippen LogP contribution in [0.25, 0.3) is 0 Å². The number of rotatable bonds is 1. The highest BCUT2D eigenvalue weighted by Gasteiger charge is 2.59. The van der Waals surface area contributed by atoms with Gasteiger partial charge in [-0.05, 0) is 38.5 Å². The van der Waals surface area contributed by atoms with E-state index in [0.717, 1.165) is 25.9 Å². The topological polar surface area (TPSA) is 23.6 Å². The Kier molecular flexibility index (Phi) is 2.67. The molecule has 0 bridgehead atoms. The molecule has 2 aliphatic rings. The SMILES string of the molecule is CN1CCC2(CC1)C(=O)N(C)[C@H]2c1ccccc1. The van der Waals surface area contributed by atoms with Gasteiger partial charge in [0.05, 0.1) is 11.5 Å². The molecule has 3 heteroatoms. The van der Waals surface area contributed by atoms with E-state index in [0.29, 0.717) is 5.91 Å². The molecule has 3 nitrogen and oxygen atoms in total. The molecule has 0 unspecified atom stereocenters. The number of carbonyl (C=O) groups is 1. The van der Waals surface area contributed by atoms with Gasteiger partial charge >= 0.3 is 0 Å². The molecule has 2 aliphatic heterocycles. The molecular weight excluding hydrogens is 224 g/mol. The maximum atomic E-state index is 12.3. The quantitative estimate of drug-likeness (QED) is 0.705. The molecule has 2 heterocycles. The van der Waals surface area contributed by atoms with Gasteiger partial charge in [0.2, 0.25) is 5.91 Å². The molecule has 1 aromatic carbocycles. The van der Waals surface area contributed by atoms with Crippen molar-refractivity contribution in [1.82, 2.24) is 9.80 Å². The Morgan fingerprint density at radius 3 is 2.33 bits per heavy atom. The van der Waals surface area contributed by atoms with Gasteiger partial charge in [0.15, 0.2) is 0 Å². The minimum atomic E-state index is -0.122. The van der Waals surface area contributed by atoms with Crippen molar-refractivity contribution in [3.63, 3.8) is 0 Å². The van der Waals surface area contributed by atoms with Crippen molar-refractivity contribution in [2.24, 2.45) is 5.41 Å². The van der Waals surface area contributed by atoms with Crippen molar-refractivity contribution in [2.45, 2.75) is 18.9 Å². The summed E-state index contributed by atoms with van der Waals surface area (Å²) in [6.45, 7) is 2.06. The van der Waals surface area contributed by atoms with Gasteiger partial charge in [-0.15, -0.1) is 0 Å². The van der Waals surface area contributed by atoms with Crippen LogP contribution in [-0.2, 0) is 4.79 Å². The molecule has 0 N–H and O–H groups in total. The zero-order valence-corrected chi connectivity index (χ0v) is 11.1. The van der Waals surface area contributed by atoms with Crippen molar-refractivity contribution in [1.29, 1.82) is 0 Å². The fourth-order valence-corrected chi connectivity index (χ4v) is 3.57. The van der Waals surface area contributed by atoms with Crippen LogP contribution in [0.2, 0.25) is 0 Å². The number of piperidine rings is 1. The lowest BCUT2D eigenvalue weighted by Gasteiger charge is -2.57. The van der Waals surface area contributed by atoms with Crippen LogP contribution < -0.4 is 0 Å². The molecule has 1 spiro atoms. The molecule has 0 saturated carbocycles. The molecule has 2 saturated heterocycles. The molecule has 96 valence electrons. The summed E-state index contributed by atoms with van der Waals surface area (Å²) in [7, 11) is 4.07. The highest BCUT2D eigenvalue weighted by molar-refractivity contribution is 5.90. The van der Waals surface area contributed by atoms with Crippen molar-refractivity contribution >= 4 is 5.91 Å². The minimum absolute atomic E-state index is 0.122. The van der Waals surface area contributed by atoms with Crippen LogP contribution in [0.4, 0.5) is 0 Å². The Hall–Kier alpha value is -1.35. The predicted octanol–water partition coefficient (Wildman–Crippen LogP) is 1.91. The molecule has 1 aromatic rings. The molecule has 0 radical (unpaired) electrons. The number of nitrogens with zero attached hydrogens (tertiary/aromatic N) is 2. The zero-order valence-electron chi connectivity index (χ0n) is 11.1. The average Bonchev–Trinajstić information content (AvgIpc) is 2.42. The van der Waals surface area contributed by atoms with E-state index in [4.69, 9.17) is 0 Å². The Morgan fingerprint density at radius 1 is 1.11 bits per heavy atom. The van der Waals surface area contributed by atoms with E-state index >= 15 is 0 Å². The Balaban J connectivity index is 1.91. The van der Waals surface area contributed by atoms with Crippen molar-refractivity contribution < 1.29 is 4.79 Å². The van der Waals surface area contributed by atoms with Crippen LogP contribution in [0.15, 0.2) is 30.3 Å². The lowest BCUT2D eigenvalue weighted by Crippen LogP contribution is -2.64. The fraction of sp³-hybridized carbons (Fsp3) is 0.533. The van der Waals surface area contributed by atoms with E-state index in [2.05, 4.69) is 36.2 Å². The van der Waals surface area contributed by atoms with E-state index in [9.17, 15) is 4.79 Å². The van der Waals surface area contributed by atoms with Crippen LogP contribution in [0.5, 0.6) is 0 Å². The van der Waals surface area contributed by atoms with Gasteiger partial charge in [0, 0.05) is 7.05 Å². The molecule has 2 fully saturated rings. The largest absolute Gasteiger partial charge is 0.337 e. The van der Waals surface area contributed by atoms with Crippen LogP contribution in [-0.4, -0.2) is 42.9 Å². The Morgan fingerprint density at radius 2 is 1.72 bits per heavy atom. The van der Waals surface area contributed by atoms with Crippen LogP contribution in [0, 0.1) is 5.41 Å². The number of β-lactam (4-membered cyclic amide) rings is 1. The predicted molar refractivity (Wildman–Crippen MR) is 71.1 cm³/mol. The molecule has 0 aromatic heterocycles. The first-order valence-electron chi connectivity index (χ1n) is 6.66. The second kappa shape index (κ2) is 4.09. The monoisotopic (exact) mass is 244 g/mol. The first-order chi connectivity index (χ1) is 8.65. The summed E-state index contributed by atoms with van der Waals surface area (Å²) in [6, 6.07) is 10.7. The van der Waals surface area contributed by atoms with E-state index in [1.54, 1.807) is 0 Å². The third-order valence-electron chi connectivity index (χ3n) is 4.65. The summed E-state index contributed by atoms with van der Waals surface area (Å²) in [5.74, 6) is 0.337. The molecule has 1 amide bonds. The summed E-state index contributed by atoms with van der Waals surface area (Å²) in [4.78, 5) is 16.6. The summed E-state index contributed by atoms with van der Waals surface area (Å²) in [5, 5.41) is 0. The smallest absolute Gasteiger partial charge is 0.231 e. The van der Waals surface area contributed by atoms with Gasteiger partial charge in [0.1, 0.15) is 0 Å². The lowest BCUT2D eigenvalue weighted by molar-refractivity contribution is -0.176. The minimum Gasteiger partial charge on any atom is -0.337 e. The number of hydrogen-bond acceptors (Lipinski definition) is 2. The lowest BCUT2D eigenvalue weighted by atomic mass is 9.62. The third-order valence-corrected chi connectivity index (χ3v) is 4.65. The first-order valence-corrected chi connectivity index (χ1v) is 6.66. The van der Waals surface area contributed by atoms with Gasteiger partial charge in [0.25, 0.3) is 0 Å². The summed E-state index contributed by atoms with van der Waals surface area (Å²) < 4.78 is 0. The highest BCUT2D eigenvalue weighted by atomic mass is 16.2. The molecule has 18 heavy (non-hydrogen) atoms.